The summed E-state index contributed by atoms with van der Waals surface area (Å²) in [6.45, 7) is 9.56. The number of carbonyl (C=O) groups is 1. The van der Waals surface area contributed by atoms with E-state index < -0.39 is 0 Å². The van der Waals surface area contributed by atoms with Crippen molar-refractivity contribution in [3.05, 3.63) is 64.5 Å². The molecule has 1 fully saturated rings. The second-order valence-corrected chi connectivity index (χ2v) is 9.31. The summed E-state index contributed by atoms with van der Waals surface area (Å²) in [6.07, 6.45) is 1.46. The number of anilines is 1. The lowest BCUT2D eigenvalue weighted by atomic mass is 9.84. The lowest BCUT2D eigenvalue weighted by molar-refractivity contribution is -0.124. The standard InChI is InChI=1S/C26H36FN3O/c1-18-12-21(16-28-10-11-29(4)5)13-19(2)25(18)30-17-22(14-20(3)26(30)31)15-23-8-6-7-9-24(23)27/h6-9,12-13,20,22,28H,10-11,14-17H2,1-5H3/t20-,22-/m1/s1. The molecular weight excluding hydrogens is 389 g/mol. The van der Waals surface area contributed by atoms with Gasteiger partial charge in [-0.1, -0.05) is 37.3 Å². The molecule has 1 N–H and O–H groups in total. The van der Waals surface area contributed by atoms with Gasteiger partial charge in [-0.05, 0) is 75.0 Å². The van der Waals surface area contributed by atoms with Crippen LogP contribution in [-0.4, -0.2) is 44.5 Å². The van der Waals surface area contributed by atoms with E-state index in [0.29, 0.717) is 13.0 Å². The maximum Gasteiger partial charge on any atom is 0.229 e. The van der Waals surface area contributed by atoms with Crippen molar-refractivity contribution in [3.63, 3.8) is 0 Å². The first kappa shape index (κ1) is 23.4. The minimum atomic E-state index is -0.155. The van der Waals surface area contributed by atoms with Crippen LogP contribution >= 0.6 is 0 Å². The van der Waals surface area contributed by atoms with Gasteiger partial charge in [-0.2, -0.15) is 0 Å². The van der Waals surface area contributed by atoms with Gasteiger partial charge < -0.3 is 15.1 Å². The molecule has 0 saturated carbocycles. The van der Waals surface area contributed by atoms with E-state index in [1.165, 1.54) is 11.6 Å². The SMILES string of the molecule is Cc1cc(CNCCN(C)C)cc(C)c1N1C[C@@H](Cc2ccccc2F)C[C@@H](C)C1=O. The van der Waals surface area contributed by atoms with Crippen molar-refractivity contribution in [1.82, 2.24) is 10.2 Å². The van der Waals surface area contributed by atoms with Crippen molar-refractivity contribution in [3.8, 4) is 0 Å². The van der Waals surface area contributed by atoms with Gasteiger partial charge in [-0.3, -0.25) is 4.79 Å². The molecule has 3 rings (SSSR count). The van der Waals surface area contributed by atoms with Gasteiger partial charge in [0.05, 0.1) is 0 Å². The Balaban J connectivity index is 1.76. The zero-order valence-corrected chi connectivity index (χ0v) is 19.5. The second-order valence-electron chi connectivity index (χ2n) is 9.31. The number of benzene rings is 2. The molecule has 2 aromatic carbocycles. The molecule has 0 unspecified atom stereocenters. The maximum atomic E-state index is 14.2. The van der Waals surface area contributed by atoms with Gasteiger partial charge in [-0.15, -0.1) is 0 Å². The molecule has 0 aromatic heterocycles. The fourth-order valence-electron chi connectivity index (χ4n) is 4.72. The lowest BCUT2D eigenvalue weighted by Gasteiger charge is -2.38. The van der Waals surface area contributed by atoms with Crippen LogP contribution in [0, 0.1) is 31.5 Å². The quantitative estimate of drug-likeness (QED) is 0.640. The molecule has 4 nitrogen and oxygen atoms in total. The van der Waals surface area contributed by atoms with Crippen LogP contribution < -0.4 is 10.2 Å². The predicted octanol–water partition coefficient (Wildman–Crippen LogP) is 4.33. The predicted molar refractivity (Wildman–Crippen MR) is 126 cm³/mol. The number of nitrogens with one attached hydrogen (secondary N) is 1. The van der Waals surface area contributed by atoms with Gasteiger partial charge >= 0.3 is 0 Å². The number of carbonyl (C=O) groups excluding carboxylic acids is 1. The Morgan fingerprint density at radius 3 is 2.48 bits per heavy atom. The van der Waals surface area contributed by atoms with Gasteiger partial charge in [0.1, 0.15) is 5.82 Å². The van der Waals surface area contributed by atoms with Crippen molar-refractivity contribution in [1.29, 1.82) is 0 Å². The highest BCUT2D eigenvalue weighted by molar-refractivity contribution is 5.97. The molecule has 168 valence electrons. The Morgan fingerprint density at radius 1 is 1.16 bits per heavy atom. The molecular formula is C26H36FN3O. The van der Waals surface area contributed by atoms with Gasteiger partial charge in [0.15, 0.2) is 0 Å². The highest BCUT2D eigenvalue weighted by Gasteiger charge is 2.34. The average molecular weight is 426 g/mol. The summed E-state index contributed by atoms with van der Waals surface area (Å²) in [7, 11) is 4.14. The molecule has 5 heteroatoms. The lowest BCUT2D eigenvalue weighted by Crippen LogP contribution is -2.46. The summed E-state index contributed by atoms with van der Waals surface area (Å²) in [6, 6.07) is 11.3. The number of hydrogen-bond acceptors (Lipinski definition) is 3. The number of rotatable bonds is 8. The van der Waals surface area contributed by atoms with Crippen molar-refractivity contribution in [2.24, 2.45) is 11.8 Å². The van der Waals surface area contributed by atoms with E-state index in [-0.39, 0.29) is 23.6 Å². The Kier molecular flexibility index (Phi) is 7.84. The van der Waals surface area contributed by atoms with Crippen LogP contribution in [0.25, 0.3) is 0 Å². The van der Waals surface area contributed by atoms with Crippen LogP contribution in [0.4, 0.5) is 10.1 Å². The smallest absolute Gasteiger partial charge is 0.229 e. The summed E-state index contributed by atoms with van der Waals surface area (Å²) >= 11 is 0. The maximum absolute atomic E-state index is 14.2. The monoisotopic (exact) mass is 425 g/mol. The van der Waals surface area contributed by atoms with Crippen molar-refractivity contribution in [2.45, 2.75) is 40.2 Å². The summed E-state index contributed by atoms with van der Waals surface area (Å²) in [5.41, 5.74) is 5.24. The largest absolute Gasteiger partial charge is 0.311 e. The number of aryl methyl sites for hydroxylation is 2. The topological polar surface area (TPSA) is 35.6 Å². The molecule has 0 radical (unpaired) electrons. The van der Waals surface area contributed by atoms with E-state index in [2.05, 4.69) is 50.3 Å². The van der Waals surface area contributed by atoms with E-state index in [9.17, 15) is 9.18 Å². The van der Waals surface area contributed by atoms with Crippen LogP contribution in [-0.2, 0) is 17.8 Å². The number of nitrogens with zero attached hydrogens (tertiary/aromatic N) is 2. The highest BCUT2D eigenvalue weighted by Crippen LogP contribution is 2.34. The molecule has 1 amide bonds. The number of halogens is 1. The minimum absolute atomic E-state index is 0.0586. The molecule has 0 spiro atoms. The Labute approximate surface area is 186 Å². The van der Waals surface area contributed by atoms with E-state index >= 15 is 0 Å². The van der Waals surface area contributed by atoms with Crippen LogP contribution in [0.5, 0.6) is 0 Å². The molecule has 2 atom stereocenters. The fourth-order valence-corrected chi connectivity index (χ4v) is 4.72. The normalized spacial score (nSPS) is 19.3. The Bertz CT molecular complexity index is 888. The van der Waals surface area contributed by atoms with E-state index in [4.69, 9.17) is 0 Å². The third-order valence-corrected chi connectivity index (χ3v) is 6.17. The van der Waals surface area contributed by atoms with Gasteiger partial charge in [0.25, 0.3) is 0 Å². The zero-order chi connectivity index (χ0) is 22.5. The van der Waals surface area contributed by atoms with Crippen molar-refractivity contribution >= 4 is 11.6 Å². The molecule has 0 bridgehead atoms. The zero-order valence-electron chi connectivity index (χ0n) is 19.5. The van der Waals surface area contributed by atoms with E-state index in [1.807, 2.05) is 24.0 Å². The van der Waals surface area contributed by atoms with Crippen LogP contribution in [0.3, 0.4) is 0 Å². The summed E-state index contributed by atoms with van der Waals surface area (Å²) in [4.78, 5) is 17.2. The molecule has 1 aliphatic rings. The Morgan fingerprint density at radius 2 is 1.84 bits per heavy atom. The number of hydrogen-bond donors (Lipinski definition) is 1. The van der Waals surface area contributed by atoms with E-state index in [1.54, 1.807) is 6.07 Å². The van der Waals surface area contributed by atoms with Gasteiger partial charge in [0.2, 0.25) is 5.91 Å². The molecule has 31 heavy (non-hydrogen) atoms. The minimum Gasteiger partial charge on any atom is -0.311 e. The Hall–Kier alpha value is -2.24. The molecule has 2 aromatic rings. The summed E-state index contributed by atoms with van der Waals surface area (Å²) in [5, 5.41) is 3.48. The third kappa shape index (κ3) is 5.92. The van der Waals surface area contributed by atoms with Crippen molar-refractivity contribution < 1.29 is 9.18 Å². The van der Waals surface area contributed by atoms with E-state index in [0.717, 1.165) is 48.4 Å². The highest BCUT2D eigenvalue weighted by atomic mass is 19.1. The molecule has 1 heterocycles. The third-order valence-electron chi connectivity index (χ3n) is 6.17. The summed E-state index contributed by atoms with van der Waals surface area (Å²) in [5.74, 6) is 0.206. The van der Waals surface area contributed by atoms with Crippen LogP contribution in [0.2, 0.25) is 0 Å². The molecule has 1 saturated heterocycles. The van der Waals surface area contributed by atoms with Gasteiger partial charge in [0, 0.05) is 37.8 Å². The fraction of sp³-hybridized carbons (Fsp3) is 0.500. The second kappa shape index (κ2) is 10.4. The number of likely N-dealkylation sites (N-methyl/N-ethyl adjacent to an activating group) is 1. The first-order chi connectivity index (χ1) is 14.8. The van der Waals surface area contributed by atoms with Crippen LogP contribution in [0.1, 0.15) is 35.6 Å². The first-order valence-electron chi connectivity index (χ1n) is 11.3. The number of amides is 1. The van der Waals surface area contributed by atoms with Crippen LogP contribution in [0.15, 0.2) is 36.4 Å². The number of piperidine rings is 1. The first-order valence-corrected chi connectivity index (χ1v) is 11.3. The molecule has 1 aliphatic heterocycles. The van der Waals surface area contributed by atoms with Gasteiger partial charge in [-0.25, -0.2) is 4.39 Å². The summed E-state index contributed by atoms with van der Waals surface area (Å²) < 4.78 is 14.2. The van der Waals surface area contributed by atoms with Crippen molar-refractivity contribution in [2.75, 3.05) is 38.6 Å². The average Bonchev–Trinajstić information content (AvgIpc) is 2.70. The molecule has 0 aliphatic carbocycles.